The minimum atomic E-state index is -2.31. The van der Waals surface area contributed by atoms with E-state index in [-0.39, 0.29) is 36.6 Å². The number of fused-ring (bicyclic) bond motifs is 2. The number of nitrogens with one attached hydrogen (secondary N) is 5. The predicted molar refractivity (Wildman–Crippen MR) is 325 cm³/mol. The summed E-state index contributed by atoms with van der Waals surface area (Å²) in [7, 11) is 5.44. The van der Waals surface area contributed by atoms with E-state index in [4.69, 9.17) is 9.47 Å². The topological polar surface area (TPSA) is 383 Å². The Morgan fingerprint density at radius 1 is 0.644 bits per heavy atom. The molecule has 3 heterocycles. The fraction of sp³-hybridized carbons (Fsp3) is 0.500. The monoisotopic (exact) mass is 1250 g/mol. The molecule has 0 aromatic heterocycles. The lowest BCUT2D eigenvalue weighted by atomic mass is 9.96. The molecule has 7 amide bonds. The van der Waals surface area contributed by atoms with Gasteiger partial charge >= 0.3 is 0 Å². The molecule has 3 fully saturated rings. The maximum atomic E-state index is 14.8. The SMILES string of the molecule is CCCCCOc1ccc(-c2ccc(-c3ccc(C(=O)C(=O)N[C@H]4C[C@@H](O)[C@@H](OCC[N+](C)(C)C)NC(=O)[C@@H]5[C@@H](O)[C@@H](C)CN5C(=O)[C@H]([C@@H](C)O)NC(=O)[C@H]([C@H](O)[C@@H](O)c5ccc(O)cc5)NC(=O)[C@@H]5C[C@@H](O)CN5C(=O)[C@H]([C@@H](C)O)NC4=O)cc3)cc2)cc1. The molecule has 0 bridgehead atoms. The van der Waals surface area contributed by atoms with E-state index in [2.05, 4.69) is 33.5 Å². The number of carbonyl (C=O) groups excluding carboxylic acids is 8. The fourth-order valence-corrected chi connectivity index (χ4v) is 10.9. The van der Waals surface area contributed by atoms with Crippen molar-refractivity contribution in [1.29, 1.82) is 0 Å². The zero-order chi connectivity index (χ0) is 65.9. The second-order valence-electron chi connectivity index (χ2n) is 24.5. The summed E-state index contributed by atoms with van der Waals surface area (Å²) in [5.41, 5.74) is 3.16. The van der Waals surface area contributed by atoms with Crippen LogP contribution in [0.3, 0.4) is 0 Å². The molecule has 3 saturated heterocycles. The Balaban J connectivity index is 1.22. The van der Waals surface area contributed by atoms with Gasteiger partial charge in [-0.05, 0) is 72.4 Å². The largest absolute Gasteiger partial charge is 0.508 e. The number of carbonyl (C=O) groups is 8. The molecular formula is C64H85N8O18+. The van der Waals surface area contributed by atoms with E-state index in [9.17, 15) is 79.2 Å². The van der Waals surface area contributed by atoms with Gasteiger partial charge in [-0.25, -0.2) is 0 Å². The fourth-order valence-electron chi connectivity index (χ4n) is 10.9. The summed E-state index contributed by atoms with van der Waals surface area (Å²) in [6.07, 6.45) is -13.2. The van der Waals surface area contributed by atoms with Gasteiger partial charge in [-0.3, -0.25) is 38.4 Å². The molecule has 0 unspecified atom stereocenters. The normalized spacial score (nSPS) is 26.3. The predicted octanol–water partition coefficient (Wildman–Crippen LogP) is -0.627. The van der Waals surface area contributed by atoms with Crippen LogP contribution in [0, 0.1) is 5.92 Å². The molecule has 4 aromatic rings. The number of Topliss-reactive ketones (excluding diaryl/α,β-unsaturated/α-hetero) is 1. The van der Waals surface area contributed by atoms with Crippen LogP contribution in [0.4, 0.5) is 0 Å². The van der Waals surface area contributed by atoms with Gasteiger partial charge in [0.1, 0.15) is 72.6 Å². The lowest BCUT2D eigenvalue weighted by Crippen LogP contribution is -2.64. The zero-order valence-corrected chi connectivity index (χ0v) is 51.5. The van der Waals surface area contributed by atoms with Crippen molar-refractivity contribution in [3.05, 3.63) is 108 Å². The second kappa shape index (κ2) is 30.7. The zero-order valence-electron chi connectivity index (χ0n) is 51.5. The van der Waals surface area contributed by atoms with Gasteiger partial charge in [0.05, 0.1) is 58.8 Å². The van der Waals surface area contributed by atoms with Crippen LogP contribution in [0.1, 0.15) is 81.8 Å². The highest BCUT2D eigenvalue weighted by Crippen LogP contribution is 2.30. The number of ether oxygens (including phenoxy) is 2. The first-order chi connectivity index (χ1) is 42.6. The number of unbranched alkanes of at least 4 members (excludes halogenated alkanes) is 2. The second-order valence-corrected chi connectivity index (χ2v) is 24.5. The molecule has 3 aliphatic rings. The summed E-state index contributed by atoms with van der Waals surface area (Å²) in [4.78, 5) is 118. The highest BCUT2D eigenvalue weighted by molar-refractivity contribution is 6.43. The van der Waals surface area contributed by atoms with Crippen molar-refractivity contribution in [2.75, 3.05) is 54.0 Å². The molecule has 26 nitrogen and oxygen atoms in total. The Morgan fingerprint density at radius 2 is 1.18 bits per heavy atom. The Bertz CT molecular complexity index is 3140. The Kier molecular flexibility index (Phi) is 23.7. The van der Waals surface area contributed by atoms with E-state index in [0.29, 0.717) is 16.7 Å². The standard InChI is InChI=1S/C64H84N8O18/c1-8-9-10-28-89-45-25-21-40(22-26-45)38-13-11-37(12-14-38)39-15-17-42(18-16-39)55(80)61(86)65-46-31-48(77)62(90-29-27-72(5,6)7)69-60(85)52-53(78)34(2)32-71(52)64(88)50(36(4)74)67-59(84)51(56(81)54(79)41-19-23-43(75)24-20-41)68-58(83)47-30-44(76)33-70(47)63(87)49(35(3)73)66-57(46)82/h11-26,34-36,44,46-54,56,62,73-74,76-79,81H,8-10,27-33H2,1-7H3,(H5-,65,66,67,68,69,75,82,83,84,85,86)/p+1/t34-,35+,36+,44+,46-,47-,48+,49-,50-,51-,52-,53-,54-,56-,62+/m0/s1. The Labute approximate surface area is 521 Å². The van der Waals surface area contributed by atoms with Crippen molar-refractivity contribution in [3.63, 3.8) is 0 Å². The van der Waals surface area contributed by atoms with Crippen molar-refractivity contribution in [1.82, 2.24) is 36.4 Å². The quantitative estimate of drug-likeness (QED) is 0.0241. The number of phenols is 1. The number of hydrogen-bond acceptors (Lipinski definition) is 18. The number of ketones is 1. The van der Waals surface area contributed by atoms with Crippen molar-refractivity contribution >= 4 is 47.1 Å². The molecule has 4 aromatic carbocycles. The van der Waals surface area contributed by atoms with Crippen LogP contribution in [0.15, 0.2) is 97.1 Å². The number of rotatable bonds is 19. The summed E-state index contributed by atoms with van der Waals surface area (Å²) in [5.74, 6) is -10.3. The lowest BCUT2D eigenvalue weighted by molar-refractivity contribution is -0.870. The molecule has 0 spiro atoms. The molecule has 0 aliphatic carbocycles. The van der Waals surface area contributed by atoms with Gasteiger partial charge in [-0.2, -0.15) is 0 Å². The summed E-state index contributed by atoms with van der Waals surface area (Å²) in [5, 5.41) is 102. The maximum Gasteiger partial charge on any atom is 0.293 e. The number of benzene rings is 4. The van der Waals surface area contributed by atoms with Crippen LogP contribution in [-0.4, -0.2) is 235 Å². The first-order valence-corrected chi connectivity index (χ1v) is 30.2. The average Bonchev–Trinajstić information content (AvgIpc) is 1.63. The van der Waals surface area contributed by atoms with E-state index >= 15 is 0 Å². The number of nitrogens with zero attached hydrogens (tertiary/aromatic N) is 3. The molecule has 15 atom stereocenters. The van der Waals surface area contributed by atoms with Crippen LogP contribution in [0.25, 0.3) is 22.3 Å². The van der Waals surface area contributed by atoms with E-state index in [1.54, 1.807) is 12.1 Å². The van der Waals surface area contributed by atoms with Crippen LogP contribution in [0.5, 0.6) is 11.5 Å². The van der Waals surface area contributed by atoms with Crippen LogP contribution >= 0.6 is 0 Å². The highest BCUT2D eigenvalue weighted by Gasteiger charge is 2.50. The molecule has 0 radical (unpaired) electrons. The number of hydrogen-bond donors (Lipinski definition) is 13. The molecule has 7 rings (SSSR count). The number of likely N-dealkylation sites (N-methyl/N-ethyl adjacent to an activating group) is 1. The minimum absolute atomic E-state index is 0.0803. The van der Waals surface area contributed by atoms with Crippen molar-refractivity contribution in [2.45, 2.75) is 145 Å². The number of aliphatic hydroxyl groups is 7. The number of amides is 7. The van der Waals surface area contributed by atoms with E-state index in [0.717, 1.165) is 77.5 Å². The minimum Gasteiger partial charge on any atom is -0.508 e. The van der Waals surface area contributed by atoms with Gasteiger partial charge in [0, 0.05) is 37.4 Å². The van der Waals surface area contributed by atoms with Gasteiger partial charge in [0.2, 0.25) is 41.2 Å². The Morgan fingerprint density at radius 3 is 1.73 bits per heavy atom. The third-order valence-electron chi connectivity index (χ3n) is 16.3. The summed E-state index contributed by atoms with van der Waals surface area (Å²) >= 11 is 0. The first kappa shape index (κ1) is 69.6. The van der Waals surface area contributed by atoms with Crippen LogP contribution < -0.4 is 31.3 Å². The first-order valence-electron chi connectivity index (χ1n) is 30.2. The van der Waals surface area contributed by atoms with Crippen molar-refractivity contribution in [3.8, 4) is 33.8 Å². The number of aliphatic hydroxyl groups excluding tert-OH is 7. The molecule has 13 N–H and O–H groups in total. The van der Waals surface area contributed by atoms with Gasteiger partial charge in [-0.1, -0.05) is 99.5 Å². The smallest absolute Gasteiger partial charge is 0.293 e. The molecule has 26 heteroatoms. The number of quaternary nitrogens is 1. The molecular weight excluding hydrogens is 1170 g/mol. The number of aromatic hydroxyl groups is 1. The van der Waals surface area contributed by atoms with E-state index < -0.39 is 158 Å². The third-order valence-corrected chi connectivity index (χ3v) is 16.3. The van der Waals surface area contributed by atoms with Gasteiger partial charge in [0.25, 0.3) is 5.91 Å². The van der Waals surface area contributed by atoms with Crippen LogP contribution in [-0.2, 0) is 38.3 Å². The summed E-state index contributed by atoms with van der Waals surface area (Å²) < 4.78 is 12.2. The molecule has 90 heavy (non-hydrogen) atoms. The summed E-state index contributed by atoms with van der Waals surface area (Å²) in [6, 6.07) is 14.2. The van der Waals surface area contributed by atoms with Crippen molar-refractivity contribution in [2.24, 2.45) is 5.92 Å². The molecule has 3 aliphatic heterocycles. The van der Waals surface area contributed by atoms with Gasteiger partial charge in [-0.15, -0.1) is 0 Å². The Hall–Kier alpha value is -7.92. The van der Waals surface area contributed by atoms with Crippen molar-refractivity contribution < 1.29 is 93.2 Å². The maximum absolute atomic E-state index is 14.8. The van der Waals surface area contributed by atoms with E-state index in [1.807, 2.05) is 69.7 Å². The highest BCUT2D eigenvalue weighted by atomic mass is 16.5. The third kappa shape index (κ3) is 17.5. The van der Waals surface area contributed by atoms with Crippen LogP contribution in [0.2, 0.25) is 0 Å². The summed E-state index contributed by atoms with van der Waals surface area (Å²) in [6.45, 7) is 5.53. The van der Waals surface area contributed by atoms with Gasteiger partial charge < -0.3 is 91.2 Å². The lowest BCUT2D eigenvalue weighted by Gasteiger charge is -2.34. The van der Waals surface area contributed by atoms with Gasteiger partial charge in [0.15, 0.2) is 6.23 Å². The van der Waals surface area contributed by atoms with E-state index in [1.165, 1.54) is 31.2 Å². The number of phenolic OH excluding ortho intramolecular Hbond substituents is 1. The molecule has 488 valence electrons. The average molecular weight is 1250 g/mol. The molecule has 0 saturated carbocycles.